The maximum atomic E-state index is 12.5. The van der Waals surface area contributed by atoms with E-state index in [9.17, 15) is 9.90 Å². The van der Waals surface area contributed by atoms with Gasteiger partial charge in [0.1, 0.15) is 13.1 Å². The van der Waals surface area contributed by atoms with Gasteiger partial charge in [0.25, 0.3) is 5.82 Å². The molecule has 2 aromatic rings. The average Bonchev–Trinajstić information content (AvgIpc) is 2.74. The molecule has 1 fully saturated rings. The Morgan fingerprint density at radius 2 is 1.93 bits per heavy atom. The lowest BCUT2D eigenvalue weighted by molar-refractivity contribution is -0.416. The Morgan fingerprint density at radius 1 is 1.21 bits per heavy atom. The van der Waals surface area contributed by atoms with Gasteiger partial charge in [0, 0.05) is 17.5 Å². The van der Waals surface area contributed by atoms with Crippen molar-refractivity contribution in [3.8, 4) is 5.75 Å². The summed E-state index contributed by atoms with van der Waals surface area (Å²) in [5.41, 5.74) is 2.26. The Hall–Kier alpha value is -2.09. The molecule has 154 valence electrons. The van der Waals surface area contributed by atoms with Crippen LogP contribution in [0.2, 0.25) is 0 Å². The highest BCUT2D eigenvalue weighted by Gasteiger charge is 2.36. The molecule has 0 aliphatic carbocycles. The second kappa shape index (κ2) is 8.34. The van der Waals surface area contributed by atoms with Crippen LogP contribution >= 0.6 is 11.8 Å². The number of fused-ring (bicyclic) bond motifs is 1. The van der Waals surface area contributed by atoms with Crippen molar-refractivity contribution in [2.24, 2.45) is 0 Å². The van der Waals surface area contributed by atoms with Gasteiger partial charge in [0.2, 0.25) is 5.03 Å². The van der Waals surface area contributed by atoms with Crippen molar-refractivity contribution >= 4 is 23.4 Å². The maximum absolute atomic E-state index is 12.5. The first-order chi connectivity index (χ1) is 13.9. The number of pyridine rings is 1. The predicted octanol–water partition coefficient (Wildman–Crippen LogP) is 2.87. The van der Waals surface area contributed by atoms with E-state index in [0.717, 1.165) is 30.0 Å². The molecule has 0 spiro atoms. The molecule has 3 heterocycles. The Kier molecular flexibility index (Phi) is 5.81. The zero-order chi connectivity index (χ0) is 20.4. The number of nitrogens with zero attached hydrogens (tertiary/aromatic N) is 1. The number of anilines is 1. The predicted molar refractivity (Wildman–Crippen MR) is 112 cm³/mol. The quantitative estimate of drug-likeness (QED) is 0.598. The number of thioether (sulfide) groups is 1. The molecule has 4 rings (SSSR count). The van der Waals surface area contributed by atoms with E-state index in [2.05, 4.69) is 9.88 Å². The zero-order valence-corrected chi connectivity index (χ0v) is 17.7. The molecule has 1 saturated heterocycles. The minimum Gasteiger partial charge on any atom is -0.503 e. The average molecular weight is 416 g/mol. The van der Waals surface area contributed by atoms with Crippen molar-refractivity contribution in [1.29, 1.82) is 0 Å². The maximum Gasteiger partial charge on any atom is 0.281 e. The molecule has 6 nitrogen and oxygen atoms in total. The number of ketones is 1. The van der Waals surface area contributed by atoms with Gasteiger partial charge in [0.15, 0.2) is 11.5 Å². The molecule has 1 aromatic carbocycles. The number of carbonyl (C=O) groups excluding carboxylic acids is 1. The zero-order valence-electron chi connectivity index (χ0n) is 16.9. The summed E-state index contributed by atoms with van der Waals surface area (Å²) in [6.07, 6.45) is 0.625. The van der Waals surface area contributed by atoms with Gasteiger partial charge in [-0.2, -0.15) is 0 Å². The SMILES string of the molecule is CC1(C)Cc2c(O)c(SCC(=O)c3ccccc3)[nH+]c(N3CCOCC3)c2CO1. The summed E-state index contributed by atoms with van der Waals surface area (Å²) in [7, 11) is 0. The first-order valence-corrected chi connectivity index (χ1v) is 10.9. The Balaban J connectivity index is 1.65. The topological polar surface area (TPSA) is 73.1 Å². The van der Waals surface area contributed by atoms with Gasteiger partial charge in [-0.05, 0) is 13.8 Å². The summed E-state index contributed by atoms with van der Waals surface area (Å²) in [6, 6.07) is 9.25. The Bertz CT molecular complexity index is 895. The molecule has 7 heteroatoms. The standard InChI is InChI=1S/C22H26N2O4S/c1-22(2)12-16-17(13-28-22)20(24-8-10-27-11-9-24)23-21(19(16)26)29-14-18(25)15-6-4-3-5-7-15/h3-7,26H,8-14H2,1-2H3/p+1. The number of hydrogen-bond donors (Lipinski definition) is 1. The highest BCUT2D eigenvalue weighted by Crippen LogP contribution is 2.40. The van der Waals surface area contributed by atoms with Crippen LogP contribution in [0.4, 0.5) is 5.82 Å². The highest BCUT2D eigenvalue weighted by molar-refractivity contribution is 7.99. The van der Waals surface area contributed by atoms with E-state index in [1.54, 1.807) is 0 Å². The molecule has 29 heavy (non-hydrogen) atoms. The van der Waals surface area contributed by atoms with Crippen LogP contribution in [-0.4, -0.2) is 48.5 Å². The van der Waals surface area contributed by atoms with Gasteiger partial charge >= 0.3 is 0 Å². The molecule has 2 aliphatic rings. The molecule has 0 saturated carbocycles. The van der Waals surface area contributed by atoms with Crippen LogP contribution in [0.1, 0.15) is 35.3 Å². The number of benzene rings is 1. The van der Waals surface area contributed by atoms with E-state index in [1.165, 1.54) is 11.8 Å². The minimum atomic E-state index is -0.337. The van der Waals surface area contributed by atoms with Crippen molar-refractivity contribution in [3.05, 3.63) is 47.0 Å². The summed E-state index contributed by atoms with van der Waals surface area (Å²) in [4.78, 5) is 18.2. The first kappa shape index (κ1) is 20.2. The third-order valence-corrected chi connectivity index (χ3v) is 6.35. The number of aromatic nitrogens is 1. The van der Waals surface area contributed by atoms with Crippen molar-refractivity contribution in [3.63, 3.8) is 0 Å². The van der Waals surface area contributed by atoms with Gasteiger partial charge in [-0.25, -0.2) is 4.98 Å². The monoisotopic (exact) mass is 415 g/mol. The molecule has 2 N–H and O–H groups in total. The van der Waals surface area contributed by atoms with Crippen LogP contribution in [0.3, 0.4) is 0 Å². The summed E-state index contributed by atoms with van der Waals surface area (Å²) < 4.78 is 11.5. The third kappa shape index (κ3) is 4.42. The van der Waals surface area contributed by atoms with E-state index in [4.69, 9.17) is 9.47 Å². The minimum absolute atomic E-state index is 0.0395. The van der Waals surface area contributed by atoms with Crippen LogP contribution in [0.25, 0.3) is 0 Å². The van der Waals surface area contributed by atoms with Crippen LogP contribution in [0.15, 0.2) is 35.4 Å². The number of nitrogens with one attached hydrogen (secondary N) is 1. The number of Topliss-reactive ketones (excluding diaryl/α,β-unsaturated/α-hetero) is 1. The number of H-pyrrole nitrogens is 1. The van der Waals surface area contributed by atoms with Gasteiger partial charge in [-0.15, -0.1) is 0 Å². The Labute approximate surface area is 175 Å². The van der Waals surface area contributed by atoms with E-state index < -0.39 is 0 Å². The van der Waals surface area contributed by atoms with E-state index in [1.807, 2.05) is 44.2 Å². The van der Waals surface area contributed by atoms with Crippen LogP contribution in [0, 0.1) is 0 Å². The number of hydrogen-bond acceptors (Lipinski definition) is 6. The lowest BCUT2D eigenvalue weighted by Crippen LogP contribution is -2.42. The van der Waals surface area contributed by atoms with Gasteiger partial charge < -0.3 is 14.6 Å². The summed E-state index contributed by atoms with van der Waals surface area (Å²) in [5, 5.41) is 11.6. The number of carbonyl (C=O) groups is 1. The number of ether oxygens (including phenoxy) is 2. The van der Waals surface area contributed by atoms with Crippen molar-refractivity contribution in [2.45, 2.75) is 37.5 Å². The largest absolute Gasteiger partial charge is 0.503 e. The summed E-state index contributed by atoms with van der Waals surface area (Å²) >= 11 is 1.35. The van der Waals surface area contributed by atoms with E-state index >= 15 is 0 Å². The number of morpholine rings is 1. The number of aromatic hydroxyl groups is 1. The number of rotatable bonds is 5. The summed E-state index contributed by atoms with van der Waals surface area (Å²) in [6.45, 7) is 7.43. The fourth-order valence-electron chi connectivity index (χ4n) is 3.76. The number of aromatic amines is 1. The van der Waals surface area contributed by atoms with Crippen molar-refractivity contribution in [2.75, 3.05) is 37.0 Å². The third-order valence-electron chi connectivity index (χ3n) is 5.36. The molecule has 0 radical (unpaired) electrons. The van der Waals surface area contributed by atoms with Gasteiger partial charge in [0.05, 0.1) is 36.7 Å². The lowest BCUT2D eigenvalue weighted by Gasteiger charge is -2.33. The lowest BCUT2D eigenvalue weighted by atomic mass is 9.91. The second-order valence-corrected chi connectivity index (χ2v) is 9.00. The van der Waals surface area contributed by atoms with Crippen LogP contribution in [-0.2, 0) is 22.5 Å². The smallest absolute Gasteiger partial charge is 0.281 e. The van der Waals surface area contributed by atoms with Crippen molar-refractivity contribution < 1.29 is 24.4 Å². The molecule has 2 aliphatic heterocycles. The van der Waals surface area contributed by atoms with E-state index in [-0.39, 0.29) is 22.9 Å². The van der Waals surface area contributed by atoms with E-state index in [0.29, 0.717) is 36.8 Å². The van der Waals surface area contributed by atoms with Crippen LogP contribution < -0.4 is 9.88 Å². The van der Waals surface area contributed by atoms with Crippen molar-refractivity contribution in [1.82, 2.24) is 0 Å². The molecule has 0 atom stereocenters. The fraction of sp³-hybridized carbons (Fsp3) is 0.455. The first-order valence-electron chi connectivity index (χ1n) is 9.92. The van der Waals surface area contributed by atoms with Gasteiger partial charge in [-0.1, -0.05) is 42.1 Å². The highest BCUT2D eigenvalue weighted by atomic mass is 32.2. The fourth-order valence-corrected chi connectivity index (χ4v) is 4.63. The molecule has 1 aromatic heterocycles. The second-order valence-electron chi connectivity index (χ2n) is 8.01. The molecule has 0 amide bonds. The Morgan fingerprint density at radius 3 is 2.66 bits per heavy atom. The van der Waals surface area contributed by atoms with Crippen LogP contribution in [0.5, 0.6) is 5.75 Å². The van der Waals surface area contributed by atoms with Gasteiger partial charge in [-0.3, -0.25) is 9.69 Å². The molecular weight excluding hydrogens is 388 g/mol. The normalized spacial score (nSPS) is 18.3. The molecule has 0 bridgehead atoms. The summed E-state index contributed by atoms with van der Waals surface area (Å²) in [5.74, 6) is 1.50. The molecular formula is C22H27N2O4S+. The molecule has 0 unspecified atom stereocenters.